The second-order valence-corrected chi connectivity index (χ2v) is 4.85. The fraction of sp³-hybridized carbons (Fsp3) is 0.500. The van der Waals surface area contributed by atoms with Crippen LogP contribution in [0.2, 0.25) is 0 Å². The minimum atomic E-state index is -0.879. The molecule has 0 spiro atoms. The summed E-state index contributed by atoms with van der Waals surface area (Å²) in [4.78, 5) is 11.6. The van der Waals surface area contributed by atoms with E-state index in [1.165, 1.54) is 0 Å². The Labute approximate surface area is 113 Å². The first kappa shape index (κ1) is 15.3. The third kappa shape index (κ3) is 5.61. The van der Waals surface area contributed by atoms with Gasteiger partial charge in [0.05, 0.1) is 11.3 Å². The molecule has 1 aromatic carbocycles. The largest absolute Gasteiger partial charge is 0.482 e. The summed E-state index contributed by atoms with van der Waals surface area (Å²) in [5.74, 6) is 0.206. The highest BCUT2D eigenvalue weighted by molar-refractivity contribution is 5.77. The maximum Gasteiger partial charge on any atom is 0.258 e. The standard InChI is InChI=1S/C14H22N2O3/c1-3-8-14(2,18)10-16-13(17)9-19-12-7-5-4-6-11(12)15/h4-7,18H,3,8-10,15H2,1-2H3,(H,16,17). The van der Waals surface area contributed by atoms with Crippen LogP contribution >= 0.6 is 0 Å². The van der Waals surface area contributed by atoms with Gasteiger partial charge >= 0.3 is 0 Å². The van der Waals surface area contributed by atoms with E-state index >= 15 is 0 Å². The van der Waals surface area contributed by atoms with Gasteiger partial charge in [0.2, 0.25) is 0 Å². The molecule has 0 aliphatic heterocycles. The molecule has 1 aromatic rings. The number of hydrogen-bond donors (Lipinski definition) is 3. The number of para-hydroxylation sites is 2. The van der Waals surface area contributed by atoms with Crippen molar-refractivity contribution in [2.75, 3.05) is 18.9 Å². The van der Waals surface area contributed by atoms with Crippen LogP contribution in [0.5, 0.6) is 5.75 Å². The van der Waals surface area contributed by atoms with Crippen molar-refractivity contribution in [2.45, 2.75) is 32.3 Å². The fourth-order valence-corrected chi connectivity index (χ4v) is 1.72. The van der Waals surface area contributed by atoms with Crippen molar-refractivity contribution in [3.05, 3.63) is 24.3 Å². The molecule has 106 valence electrons. The summed E-state index contributed by atoms with van der Waals surface area (Å²) in [7, 11) is 0. The van der Waals surface area contributed by atoms with Gasteiger partial charge < -0.3 is 20.9 Å². The molecule has 1 atom stereocenters. The maximum absolute atomic E-state index is 11.6. The summed E-state index contributed by atoms with van der Waals surface area (Å²) in [5, 5.41) is 12.6. The van der Waals surface area contributed by atoms with Gasteiger partial charge in [-0.05, 0) is 25.5 Å². The number of amides is 1. The molecule has 0 aliphatic rings. The number of anilines is 1. The summed E-state index contributed by atoms with van der Waals surface area (Å²) in [6.07, 6.45) is 1.50. The van der Waals surface area contributed by atoms with Crippen LogP contribution in [0.1, 0.15) is 26.7 Å². The first-order chi connectivity index (χ1) is 8.94. The summed E-state index contributed by atoms with van der Waals surface area (Å²) in [6.45, 7) is 3.79. The van der Waals surface area contributed by atoms with Gasteiger partial charge in [0, 0.05) is 6.54 Å². The van der Waals surface area contributed by atoms with E-state index in [9.17, 15) is 9.90 Å². The van der Waals surface area contributed by atoms with Crippen LogP contribution in [0.4, 0.5) is 5.69 Å². The Bertz CT molecular complexity index is 419. The number of benzene rings is 1. The zero-order valence-corrected chi connectivity index (χ0v) is 11.5. The molecule has 5 nitrogen and oxygen atoms in total. The number of nitrogens with two attached hydrogens (primary N) is 1. The lowest BCUT2D eigenvalue weighted by molar-refractivity contribution is -0.124. The van der Waals surface area contributed by atoms with Gasteiger partial charge in [-0.25, -0.2) is 0 Å². The fourth-order valence-electron chi connectivity index (χ4n) is 1.72. The van der Waals surface area contributed by atoms with Crippen LogP contribution in [-0.4, -0.2) is 29.8 Å². The topological polar surface area (TPSA) is 84.6 Å². The molecule has 5 heteroatoms. The molecule has 1 unspecified atom stereocenters. The summed E-state index contributed by atoms with van der Waals surface area (Å²) >= 11 is 0. The van der Waals surface area contributed by atoms with Gasteiger partial charge in [-0.2, -0.15) is 0 Å². The van der Waals surface area contributed by atoms with Crippen molar-refractivity contribution in [1.29, 1.82) is 0 Å². The minimum absolute atomic E-state index is 0.115. The Balaban J connectivity index is 2.35. The number of carbonyl (C=O) groups is 1. The van der Waals surface area contributed by atoms with Crippen LogP contribution < -0.4 is 15.8 Å². The SMILES string of the molecule is CCCC(C)(O)CNC(=O)COc1ccccc1N. The molecule has 0 aromatic heterocycles. The number of ether oxygens (including phenoxy) is 1. The molecule has 4 N–H and O–H groups in total. The van der Waals surface area contributed by atoms with Crippen LogP contribution in [0.25, 0.3) is 0 Å². The average molecular weight is 266 g/mol. The van der Waals surface area contributed by atoms with Gasteiger partial charge in [0.25, 0.3) is 5.91 Å². The quantitative estimate of drug-likeness (QED) is 0.650. The Kier molecular flexibility index (Phi) is 5.63. The van der Waals surface area contributed by atoms with Crippen molar-refractivity contribution in [3.63, 3.8) is 0 Å². The summed E-state index contributed by atoms with van der Waals surface area (Å²) in [6, 6.07) is 7.00. The zero-order valence-electron chi connectivity index (χ0n) is 11.5. The second-order valence-electron chi connectivity index (χ2n) is 4.85. The smallest absolute Gasteiger partial charge is 0.258 e. The Hall–Kier alpha value is -1.75. The van der Waals surface area contributed by atoms with E-state index in [0.717, 1.165) is 6.42 Å². The average Bonchev–Trinajstić information content (AvgIpc) is 2.35. The molecular weight excluding hydrogens is 244 g/mol. The van der Waals surface area contributed by atoms with E-state index in [4.69, 9.17) is 10.5 Å². The van der Waals surface area contributed by atoms with E-state index in [-0.39, 0.29) is 19.1 Å². The Morgan fingerprint density at radius 3 is 2.79 bits per heavy atom. The molecule has 0 aliphatic carbocycles. The molecule has 1 rings (SSSR count). The summed E-state index contributed by atoms with van der Waals surface area (Å²) in [5.41, 5.74) is 5.31. The third-order valence-electron chi connectivity index (χ3n) is 2.73. The van der Waals surface area contributed by atoms with E-state index in [2.05, 4.69) is 5.32 Å². The number of nitrogens with one attached hydrogen (secondary N) is 1. The predicted molar refractivity (Wildman–Crippen MR) is 74.9 cm³/mol. The zero-order chi connectivity index (χ0) is 14.3. The lowest BCUT2D eigenvalue weighted by Crippen LogP contribution is -2.42. The van der Waals surface area contributed by atoms with Gasteiger partial charge in [-0.3, -0.25) is 4.79 Å². The van der Waals surface area contributed by atoms with Crippen LogP contribution in [0, 0.1) is 0 Å². The van der Waals surface area contributed by atoms with E-state index in [1.807, 2.05) is 6.92 Å². The molecule has 0 fully saturated rings. The van der Waals surface area contributed by atoms with Crippen molar-refractivity contribution in [1.82, 2.24) is 5.32 Å². The van der Waals surface area contributed by atoms with E-state index in [1.54, 1.807) is 31.2 Å². The molecule has 19 heavy (non-hydrogen) atoms. The minimum Gasteiger partial charge on any atom is -0.482 e. The normalized spacial score (nSPS) is 13.6. The first-order valence-electron chi connectivity index (χ1n) is 6.41. The van der Waals surface area contributed by atoms with Crippen molar-refractivity contribution < 1.29 is 14.6 Å². The highest BCUT2D eigenvalue weighted by Crippen LogP contribution is 2.19. The first-order valence-corrected chi connectivity index (χ1v) is 6.41. The lowest BCUT2D eigenvalue weighted by Gasteiger charge is -2.22. The number of hydrogen-bond acceptors (Lipinski definition) is 4. The van der Waals surface area contributed by atoms with Crippen molar-refractivity contribution in [2.24, 2.45) is 0 Å². The molecule has 0 heterocycles. The number of carbonyl (C=O) groups excluding carboxylic acids is 1. The number of rotatable bonds is 7. The van der Waals surface area contributed by atoms with Gasteiger partial charge in [0.15, 0.2) is 6.61 Å². The maximum atomic E-state index is 11.6. The number of aliphatic hydroxyl groups is 1. The Morgan fingerprint density at radius 1 is 1.47 bits per heavy atom. The lowest BCUT2D eigenvalue weighted by atomic mass is 10.0. The van der Waals surface area contributed by atoms with Crippen LogP contribution in [-0.2, 0) is 4.79 Å². The van der Waals surface area contributed by atoms with Gasteiger partial charge in [-0.1, -0.05) is 25.5 Å². The number of nitrogen functional groups attached to an aromatic ring is 1. The molecule has 0 bridgehead atoms. The monoisotopic (exact) mass is 266 g/mol. The van der Waals surface area contributed by atoms with E-state index < -0.39 is 5.60 Å². The van der Waals surface area contributed by atoms with Gasteiger partial charge in [0.1, 0.15) is 5.75 Å². The highest BCUT2D eigenvalue weighted by Gasteiger charge is 2.19. The van der Waals surface area contributed by atoms with Crippen LogP contribution in [0.15, 0.2) is 24.3 Å². The molecular formula is C14H22N2O3. The predicted octanol–water partition coefficient (Wildman–Crippen LogP) is 1.31. The van der Waals surface area contributed by atoms with E-state index in [0.29, 0.717) is 17.9 Å². The van der Waals surface area contributed by atoms with Gasteiger partial charge in [-0.15, -0.1) is 0 Å². The van der Waals surface area contributed by atoms with Crippen LogP contribution in [0.3, 0.4) is 0 Å². The molecule has 0 saturated carbocycles. The van der Waals surface area contributed by atoms with Crippen molar-refractivity contribution >= 4 is 11.6 Å². The molecule has 1 amide bonds. The summed E-state index contributed by atoms with van der Waals surface area (Å²) < 4.78 is 5.31. The Morgan fingerprint density at radius 2 is 2.16 bits per heavy atom. The second kappa shape index (κ2) is 6.99. The molecule has 0 saturated heterocycles. The molecule has 0 radical (unpaired) electrons. The van der Waals surface area contributed by atoms with Crippen molar-refractivity contribution in [3.8, 4) is 5.75 Å². The third-order valence-corrected chi connectivity index (χ3v) is 2.73. The highest BCUT2D eigenvalue weighted by atomic mass is 16.5.